The fraction of sp³-hybridized carbons (Fsp3) is 0.429. The van der Waals surface area contributed by atoms with Crippen LogP contribution in [-0.4, -0.2) is 23.9 Å². The van der Waals surface area contributed by atoms with Gasteiger partial charge in [-0.25, -0.2) is 0 Å². The number of ether oxygens (including phenoxy) is 2. The summed E-state index contributed by atoms with van der Waals surface area (Å²) >= 11 is 0. The molecule has 0 saturated carbocycles. The Morgan fingerprint density at radius 2 is 1.94 bits per heavy atom. The van der Waals surface area contributed by atoms with Crippen molar-refractivity contribution in [1.82, 2.24) is 0 Å². The largest absolute Gasteiger partial charge is 0.389 e. The van der Waals surface area contributed by atoms with Crippen molar-refractivity contribution in [3.05, 3.63) is 48.0 Å². The first-order valence-corrected chi connectivity index (χ1v) is 6.01. The molecular formula is C14H16O3. The Morgan fingerprint density at radius 1 is 1.12 bits per heavy atom. The van der Waals surface area contributed by atoms with Crippen molar-refractivity contribution in [2.24, 2.45) is 5.92 Å². The molecular weight excluding hydrogens is 216 g/mol. The predicted octanol–water partition coefficient (Wildman–Crippen LogP) is 2.04. The highest BCUT2D eigenvalue weighted by Gasteiger charge is 2.34. The quantitative estimate of drug-likeness (QED) is 0.753. The van der Waals surface area contributed by atoms with Crippen LogP contribution in [0.5, 0.6) is 0 Å². The fourth-order valence-corrected chi connectivity index (χ4v) is 2.39. The van der Waals surface area contributed by atoms with Gasteiger partial charge in [-0.1, -0.05) is 42.5 Å². The van der Waals surface area contributed by atoms with Crippen molar-refractivity contribution in [2.45, 2.75) is 24.9 Å². The van der Waals surface area contributed by atoms with E-state index in [0.717, 1.165) is 5.56 Å². The lowest BCUT2D eigenvalue weighted by Crippen LogP contribution is -2.39. The monoisotopic (exact) mass is 232 g/mol. The van der Waals surface area contributed by atoms with Crippen LogP contribution < -0.4 is 0 Å². The van der Waals surface area contributed by atoms with Gasteiger partial charge in [0, 0.05) is 17.9 Å². The van der Waals surface area contributed by atoms with Crippen LogP contribution in [0, 0.1) is 5.92 Å². The molecule has 1 N–H and O–H groups in total. The summed E-state index contributed by atoms with van der Waals surface area (Å²) in [6.45, 7) is 0.660. The summed E-state index contributed by atoms with van der Waals surface area (Å²) in [6, 6.07) is 9.93. The van der Waals surface area contributed by atoms with Gasteiger partial charge in [0.05, 0.1) is 18.8 Å². The summed E-state index contributed by atoms with van der Waals surface area (Å²) in [4.78, 5) is 0. The zero-order valence-corrected chi connectivity index (χ0v) is 9.53. The number of hydrogen-bond acceptors (Lipinski definition) is 3. The van der Waals surface area contributed by atoms with Crippen molar-refractivity contribution in [3.8, 4) is 0 Å². The number of rotatable bonds is 1. The Kier molecular flexibility index (Phi) is 2.97. The van der Waals surface area contributed by atoms with Crippen LogP contribution in [0.3, 0.4) is 0 Å². The normalized spacial score (nSPS) is 36.5. The molecule has 3 rings (SSSR count). The van der Waals surface area contributed by atoms with Crippen molar-refractivity contribution < 1.29 is 14.6 Å². The maximum Gasteiger partial charge on any atom is 0.184 e. The van der Waals surface area contributed by atoms with E-state index in [4.69, 9.17) is 9.47 Å². The SMILES string of the molecule is O[C@H]1C=C[C@@H]2COC(c3ccccc3)O[C@H]2C1. The van der Waals surface area contributed by atoms with E-state index in [1.165, 1.54) is 0 Å². The van der Waals surface area contributed by atoms with E-state index in [9.17, 15) is 5.11 Å². The van der Waals surface area contributed by atoms with Crippen molar-refractivity contribution in [3.63, 3.8) is 0 Å². The smallest absolute Gasteiger partial charge is 0.184 e. The topological polar surface area (TPSA) is 38.7 Å². The van der Waals surface area contributed by atoms with Crippen LogP contribution >= 0.6 is 0 Å². The second-order valence-electron chi connectivity index (χ2n) is 4.60. The van der Waals surface area contributed by atoms with E-state index in [2.05, 4.69) is 0 Å². The van der Waals surface area contributed by atoms with Gasteiger partial charge >= 0.3 is 0 Å². The Hall–Kier alpha value is -1.16. The average Bonchev–Trinajstić information content (AvgIpc) is 2.39. The van der Waals surface area contributed by atoms with Crippen LogP contribution in [0.15, 0.2) is 42.5 Å². The molecule has 17 heavy (non-hydrogen) atoms. The summed E-state index contributed by atoms with van der Waals surface area (Å²) in [5.41, 5.74) is 1.04. The minimum atomic E-state index is -0.384. The number of hydrogen-bond donors (Lipinski definition) is 1. The second kappa shape index (κ2) is 4.61. The van der Waals surface area contributed by atoms with Gasteiger partial charge in [0.15, 0.2) is 6.29 Å². The molecule has 1 aromatic rings. The summed E-state index contributed by atoms with van der Waals surface area (Å²) in [6.07, 6.45) is 3.88. The third-order valence-electron chi connectivity index (χ3n) is 3.34. The minimum Gasteiger partial charge on any atom is -0.389 e. The maximum atomic E-state index is 9.60. The molecule has 1 aliphatic carbocycles. The predicted molar refractivity (Wildman–Crippen MR) is 63.3 cm³/mol. The lowest BCUT2D eigenvalue weighted by atomic mass is 9.90. The molecule has 2 aliphatic rings. The Morgan fingerprint density at radius 3 is 2.76 bits per heavy atom. The van der Waals surface area contributed by atoms with E-state index in [-0.39, 0.29) is 24.4 Å². The number of aliphatic hydroxyl groups is 1. The first-order chi connectivity index (χ1) is 8.33. The second-order valence-corrected chi connectivity index (χ2v) is 4.60. The van der Waals surface area contributed by atoms with E-state index in [1.807, 2.05) is 42.5 Å². The van der Waals surface area contributed by atoms with Crippen LogP contribution in [0.2, 0.25) is 0 Å². The van der Waals surface area contributed by atoms with Crippen molar-refractivity contribution in [1.29, 1.82) is 0 Å². The highest BCUT2D eigenvalue weighted by molar-refractivity contribution is 5.17. The Labute approximate surface area is 101 Å². The van der Waals surface area contributed by atoms with Gasteiger partial charge < -0.3 is 14.6 Å². The summed E-state index contributed by atoms with van der Waals surface area (Å²) in [7, 11) is 0. The van der Waals surface area contributed by atoms with Crippen LogP contribution in [0.25, 0.3) is 0 Å². The molecule has 90 valence electrons. The zero-order chi connectivity index (χ0) is 11.7. The third kappa shape index (κ3) is 2.27. The molecule has 1 fully saturated rings. The average molecular weight is 232 g/mol. The fourth-order valence-electron chi connectivity index (χ4n) is 2.39. The summed E-state index contributed by atoms with van der Waals surface area (Å²) in [5, 5.41) is 9.60. The first-order valence-electron chi connectivity index (χ1n) is 6.01. The molecule has 1 aromatic carbocycles. The van der Waals surface area contributed by atoms with Gasteiger partial charge in [0.2, 0.25) is 0 Å². The molecule has 0 amide bonds. The molecule has 1 aliphatic heterocycles. The van der Waals surface area contributed by atoms with E-state index in [0.29, 0.717) is 13.0 Å². The van der Waals surface area contributed by atoms with Crippen molar-refractivity contribution in [2.75, 3.05) is 6.61 Å². The summed E-state index contributed by atoms with van der Waals surface area (Å²) < 4.78 is 11.6. The van der Waals surface area contributed by atoms with E-state index in [1.54, 1.807) is 0 Å². The number of benzene rings is 1. The molecule has 0 aromatic heterocycles. The molecule has 0 radical (unpaired) electrons. The number of aliphatic hydroxyl groups excluding tert-OH is 1. The van der Waals surface area contributed by atoms with Gasteiger partial charge in [0.1, 0.15) is 0 Å². The lowest BCUT2D eigenvalue weighted by Gasteiger charge is -2.38. The molecule has 3 heteroatoms. The molecule has 4 atom stereocenters. The van der Waals surface area contributed by atoms with Gasteiger partial charge in [-0.15, -0.1) is 0 Å². The van der Waals surface area contributed by atoms with Gasteiger partial charge in [-0.3, -0.25) is 0 Å². The molecule has 3 nitrogen and oxygen atoms in total. The van der Waals surface area contributed by atoms with Gasteiger partial charge in [0.25, 0.3) is 0 Å². The maximum absolute atomic E-state index is 9.60. The van der Waals surface area contributed by atoms with Crippen LogP contribution in [-0.2, 0) is 9.47 Å². The Bertz CT molecular complexity index is 401. The molecule has 1 heterocycles. The van der Waals surface area contributed by atoms with E-state index < -0.39 is 0 Å². The first kappa shape index (κ1) is 11.0. The highest BCUT2D eigenvalue weighted by Crippen LogP contribution is 2.33. The minimum absolute atomic E-state index is 0.0638. The Balaban J connectivity index is 1.74. The molecule has 0 spiro atoms. The van der Waals surface area contributed by atoms with Gasteiger partial charge in [-0.2, -0.15) is 0 Å². The van der Waals surface area contributed by atoms with E-state index >= 15 is 0 Å². The summed E-state index contributed by atoms with van der Waals surface area (Å²) in [5.74, 6) is 0.276. The molecule has 1 saturated heterocycles. The highest BCUT2D eigenvalue weighted by atomic mass is 16.7. The molecule has 1 unspecified atom stereocenters. The third-order valence-corrected chi connectivity index (χ3v) is 3.34. The molecule has 0 bridgehead atoms. The lowest BCUT2D eigenvalue weighted by molar-refractivity contribution is -0.239. The standard InChI is InChI=1S/C14H16O3/c15-12-7-6-11-9-16-14(17-13(11)8-12)10-4-2-1-3-5-10/h1-7,11-15H,8-9H2/t11-,12+,13+,14?/m1/s1. The number of fused-ring (bicyclic) bond motifs is 1. The zero-order valence-electron chi connectivity index (χ0n) is 9.53. The van der Waals surface area contributed by atoms with Crippen molar-refractivity contribution >= 4 is 0 Å². The van der Waals surface area contributed by atoms with Crippen LogP contribution in [0.1, 0.15) is 18.3 Å². The van der Waals surface area contributed by atoms with Crippen LogP contribution in [0.4, 0.5) is 0 Å². The van der Waals surface area contributed by atoms with Gasteiger partial charge in [-0.05, 0) is 0 Å².